The van der Waals surface area contributed by atoms with E-state index in [2.05, 4.69) is 40.0 Å². The van der Waals surface area contributed by atoms with Crippen LogP contribution >= 0.6 is 0 Å². The number of anilines is 2. The van der Waals surface area contributed by atoms with Crippen LogP contribution in [0.2, 0.25) is 0 Å². The summed E-state index contributed by atoms with van der Waals surface area (Å²) in [6.07, 6.45) is 8.33. The molecule has 5 heteroatoms. The highest BCUT2D eigenvalue weighted by Gasteiger charge is 2.23. The fraction of sp³-hybridized carbons (Fsp3) is 0.778. The maximum absolute atomic E-state index is 4.77. The van der Waals surface area contributed by atoms with Crippen LogP contribution in [-0.4, -0.2) is 53.6 Å². The lowest BCUT2D eigenvalue weighted by molar-refractivity contribution is 0.296. The highest BCUT2D eigenvalue weighted by molar-refractivity contribution is 5.43. The van der Waals surface area contributed by atoms with Crippen LogP contribution in [0, 0.1) is 5.92 Å². The maximum atomic E-state index is 4.77. The van der Waals surface area contributed by atoms with Crippen LogP contribution in [0.5, 0.6) is 0 Å². The highest BCUT2D eigenvalue weighted by Crippen LogP contribution is 2.19. The number of nitrogens with one attached hydrogen (secondary N) is 1. The molecule has 128 valence electrons. The third kappa shape index (κ3) is 4.80. The first-order valence-corrected chi connectivity index (χ1v) is 9.27. The van der Waals surface area contributed by atoms with Gasteiger partial charge in [0.15, 0.2) is 0 Å². The summed E-state index contributed by atoms with van der Waals surface area (Å²) in [4.78, 5) is 14.2. The van der Waals surface area contributed by atoms with E-state index in [1.807, 2.05) is 6.20 Å². The first kappa shape index (κ1) is 16.5. The Morgan fingerprint density at radius 1 is 1.17 bits per heavy atom. The zero-order valence-corrected chi connectivity index (χ0v) is 14.7. The van der Waals surface area contributed by atoms with Crippen LogP contribution in [0.25, 0.3) is 0 Å². The smallest absolute Gasteiger partial charge is 0.224 e. The van der Waals surface area contributed by atoms with Crippen molar-refractivity contribution in [1.82, 2.24) is 14.9 Å². The second-order valence-corrected chi connectivity index (χ2v) is 7.42. The zero-order valence-electron chi connectivity index (χ0n) is 14.7. The topological polar surface area (TPSA) is 44.3 Å². The third-order valence-electron chi connectivity index (χ3n) is 4.80. The van der Waals surface area contributed by atoms with Crippen LogP contribution in [-0.2, 0) is 0 Å². The zero-order chi connectivity index (χ0) is 16.1. The monoisotopic (exact) mass is 317 g/mol. The second kappa shape index (κ2) is 7.95. The van der Waals surface area contributed by atoms with Gasteiger partial charge in [-0.2, -0.15) is 4.98 Å². The SMILES string of the molecule is CC(C)CN1CC[C@H](Nc2nccc(N3CCCCCC3)n2)C1. The van der Waals surface area contributed by atoms with E-state index in [-0.39, 0.29) is 0 Å². The second-order valence-electron chi connectivity index (χ2n) is 7.42. The lowest BCUT2D eigenvalue weighted by atomic mass is 10.2. The highest BCUT2D eigenvalue weighted by atomic mass is 15.3. The summed E-state index contributed by atoms with van der Waals surface area (Å²) >= 11 is 0. The van der Waals surface area contributed by atoms with E-state index in [0.717, 1.165) is 37.3 Å². The van der Waals surface area contributed by atoms with E-state index in [1.54, 1.807) is 0 Å². The van der Waals surface area contributed by atoms with Gasteiger partial charge in [0.1, 0.15) is 5.82 Å². The number of hydrogen-bond acceptors (Lipinski definition) is 5. The number of hydrogen-bond donors (Lipinski definition) is 1. The number of likely N-dealkylation sites (tertiary alicyclic amines) is 1. The molecule has 23 heavy (non-hydrogen) atoms. The Morgan fingerprint density at radius 2 is 1.96 bits per heavy atom. The molecule has 0 aromatic carbocycles. The van der Waals surface area contributed by atoms with Gasteiger partial charge >= 0.3 is 0 Å². The third-order valence-corrected chi connectivity index (χ3v) is 4.80. The Balaban J connectivity index is 1.57. The molecular formula is C18H31N5. The Hall–Kier alpha value is -1.36. The standard InChI is InChI=1S/C18H31N5/c1-15(2)13-22-12-8-16(14-22)20-18-19-9-7-17(21-18)23-10-5-3-4-6-11-23/h7,9,15-16H,3-6,8,10-14H2,1-2H3,(H,19,20,21)/t16-/m0/s1. The predicted molar refractivity (Wildman–Crippen MR) is 96.0 cm³/mol. The molecule has 2 aliphatic rings. The first-order chi connectivity index (χ1) is 11.2. The average Bonchev–Trinajstić information content (AvgIpc) is 2.79. The minimum Gasteiger partial charge on any atom is -0.356 e. The molecule has 1 aromatic rings. The molecular weight excluding hydrogens is 286 g/mol. The van der Waals surface area contributed by atoms with Gasteiger partial charge in [-0.15, -0.1) is 0 Å². The van der Waals surface area contributed by atoms with Crippen LogP contribution in [0.3, 0.4) is 0 Å². The normalized spacial score (nSPS) is 23.3. The van der Waals surface area contributed by atoms with Gasteiger partial charge in [-0.3, -0.25) is 0 Å². The Kier molecular flexibility index (Phi) is 5.70. The Morgan fingerprint density at radius 3 is 2.70 bits per heavy atom. The van der Waals surface area contributed by atoms with Crippen molar-refractivity contribution in [3.63, 3.8) is 0 Å². The van der Waals surface area contributed by atoms with E-state index in [1.165, 1.54) is 45.2 Å². The minimum atomic E-state index is 0.480. The molecule has 3 heterocycles. The van der Waals surface area contributed by atoms with Crippen molar-refractivity contribution in [1.29, 1.82) is 0 Å². The number of nitrogens with zero attached hydrogens (tertiary/aromatic N) is 4. The van der Waals surface area contributed by atoms with Crippen LogP contribution in [0.4, 0.5) is 11.8 Å². The van der Waals surface area contributed by atoms with Gasteiger partial charge in [-0.1, -0.05) is 26.7 Å². The van der Waals surface area contributed by atoms with Crippen molar-refractivity contribution in [3.05, 3.63) is 12.3 Å². The van der Waals surface area contributed by atoms with Crippen molar-refractivity contribution < 1.29 is 0 Å². The van der Waals surface area contributed by atoms with Gasteiger partial charge in [0, 0.05) is 45.0 Å². The fourth-order valence-electron chi connectivity index (χ4n) is 3.71. The molecule has 3 rings (SSSR count). The molecule has 0 aliphatic carbocycles. The molecule has 0 unspecified atom stereocenters. The fourth-order valence-corrected chi connectivity index (χ4v) is 3.71. The Labute approximate surface area is 140 Å². The summed E-state index contributed by atoms with van der Waals surface area (Å²) in [5, 5.41) is 3.55. The van der Waals surface area contributed by atoms with Crippen LogP contribution < -0.4 is 10.2 Å². The van der Waals surface area contributed by atoms with E-state index < -0.39 is 0 Å². The van der Waals surface area contributed by atoms with Gasteiger partial charge < -0.3 is 15.1 Å². The lowest BCUT2D eigenvalue weighted by Gasteiger charge is -2.22. The molecule has 0 spiro atoms. The molecule has 1 atom stereocenters. The van der Waals surface area contributed by atoms with Crippen LogP contribution in [0.1, 0.15) is 46.0 Å². The molecule has 0 amide bonds. The molecule has 0 bridgehead atoms. The summed E-state index contributed by atoms with van der Waals surface area (Å²) in [5.41, 5.74) is 0. The number of aromatic nitrogens is 2. The van der Waals surface area contributed by atoms with Crippen molar-refractivity contribution in [2.45, 2.75) is 52.0 Å². The molecule has 2 aliphatic heterocycles. The van der Waals surface area contributed by atoms with Gasteiger partial charge in [-0.25, -0.2) is 4.98 Å². The van der Waals surface area contributed by atoms with E-state index in [0.29, 0.717) is 6.04 Å². The molecule has 1 N–H and O–H groups in total. The van der Waals surface area contributed by atoms with Gasteiger partial charge in [-0.05, 0) is 31.2 Å². The lowest BCUT2D eigenvalue weighted by Crippen LogP contribution is -2.30. The van der Waals surface area contributed by atoms with Gasteiger partial charge in [0.2, 0.25) is 5.95 Å². The summed E-state index contributed by atoms with van der Waals surface area (Å²) in [5.74, 6) is 2.61. The molecule has 5 nitrogen and oxygen atoms in total. The summed E-state index contributed by atoms with van der Waals surface area (Å²) in [7, 11) is 0. The summed E-state index contributed by atoms with van der Waals surface area (Å²) in [6, 6.07) is 2.53. The summed E-state index contributed by atoms with van der Waals surface area (Å²) in [6.45, 7) is 10.3. The molecule has 1 aromatic heterocycles. The largest absolute Gasteiger partial charge is 0.356 e. The van der Waals surface area contributed by atoms with Gasteiger partial charge in [0.25, 0.3) is 0 Å². The van der Waals surface area contributed by atoms with Crippen molar-refractivity contribution >= 4 is 11.8 Å². The maximum Gasteiger partial charge on any atom is 0.224 e. The van der Waals surface area contributed by atoms with E-state index in [4.69, 9.17) is 4.98 Å². The molecule has 2 saturated heterocycles. The predicted octanol–water partition coefficient (Wildman–Crippen LogP) is 3.00. The number of rotatable bonds is 5. The van der Waals surface area contributed by atoms with Crippen molar-refractivity contribution in [3.8, 4) is 0 Å². The van der Waals surface area contributed by atoms with E-state index in [9.17, 15) is 0 Å². The van der Waals surface area contributed by atoms with Crippen molar-refractivity contribution in [2.75, 3.05) is 42.9 Å². The van der Waals surface area contributed by atoms with E-state index >= 15 is 0 Å². The molecule has 0 radical (unpaired) electrons. The van der Waals surface area contributed by atoms with Gasteiger partial charge in [0.05, 0.1) is 0 Å². The average molecular weight is 317 g/mol. The molecule has 0 saturated carbocycles. The Bertz CT molecular complexity index is 482. The van der Waals surface area contributed by atoms with Crippen molar-refractivity contribution in [2.24, 2.45) is 5.92 Å². The van der Waals surface area contributed by atoms with Crippen LogP contribution in [0.15, 0.2) is 12.3 Å². The molecule has 2 fully saturated rings. The minimum absolute atomic E-state index is 0.480. The first-order valence-electron chi connectivity index (χ1n) is 9.27. The quantitative estimate of drug-likeness (QED) is 0.904. The summed E-state index contributed by atoms with van der Waals surface area (Å²) < 4.78 is 0.